The molecule has 0 bridgehead atoms. The molecule has 1 unspecified atom stereocenters. The van der Waals surface area contributed by atoms with Gasteiger partial charge in [0.15, 0.2) is 5.82 Å². The lowest BCUT2D eigenvalue weighted by Crippen LogP contribution is -2.58. The maximum atomic E-state index is 12.3. The third-order valence-corrected chi connectivity index (χ3v) is 5.16. The first-order valence-electron chi connectivity index (χ1n) is 9.28. The Kier molecular flexibility index (Phi) is 3.89. The Bertz CT molecular complexity index is 805. The minimum Gasteiger partial charge on any atom is -0.486 e. The Morgan fingerprint density at radius 2 is 2.04 bits per heavy atom. The fraction of sp³-hybridized carbons (Fsp3) is 0.526. The normalized spacial score (nSPS) is 23.1. The van der Waals surface area contributed by atoms with Gasteiger partial charge in [-0.05, 0) is 37.8 Å². The smallest absolute Gasteiger partial charge is 0.261 e. The summed E-state index contributed by atoms with van der Waals surface area (Å²) in [6, 6.07) is 7.68. The molecular weight excluding hydrogens is 334 g/mol. The van der Waals surface area contributed by atoms with E-state index in [1.165, 1.54) is 0 Å². The summed E-state index contributed by atoms with van der Waals surface area (Å²) in [6.07, 6.45) is 3.77. The molecule has 0 N–H and O–H groups in total. The van der Waals surface area contributed by atoms with Crippen LogP contribution in [0, 0.1) is 0 Å². The molecule has 0 spiro atoms. The highest BCUT2D eigenvalue weighted by molar-refractivity contribution is 5.82. The molecule has 1 saturated carbocycles. The second-order valence-electron chi connectivity index (χ2n) is 7.21. The molecule has 1 aliphatic carbocycles. The number of rotatable bonds is 5. The molecule has 136 valence electrons. The third-order valence-electron chi connectivity index (χ3n) is 5.16. The van der Waals surface area contributed by atoms with E-state index in [1.807, 2.05) is 24.3 Å². The summed E-state index contributed by atoms with van der Waals surface area (Å²) in [5, 5.41) is 4.08. The predicted molar refractivity (Wildman–Crippen MR) is 91.7 cm³/mol. The standard InChI is InChI=1S/C19H21N3O4/c23-19(16-6-3-9-24-16)22-10-13(11-22)25-15-5-2-1-4-14(15)18-20-17(21-26-18)12-7-8-12/h1-2,4-5,12-13,16H,3,6-11H2. The van der Waals surface area contributed by atoms with Crippen molar-refractivity contribution in [3.8, 4) is 17.2 Å². The van der Waals surface area contributed by atoms with Crippen LogP contribution >= 0.6 is 0 Å². The molecule has 2 aliphatic heterocycles. The van der Waals surface area contributed by atoms with Crippen LogP contribution in [-0.4, -0.2) is 52.9 Å². The van der Waals surface area contributed by atoms with E-state index in [9.17, 15) is 4.79 Å². The van der Waals surface area contributed by atoms with Crippen molar-refractivity contribution in [2.75, 3.05) is 19.7 Å². The first-order valence-corrected chi connectivity index (χ1v) is 9.28. The van der Waals surface area contributed by atoms with Crippen LogP contribution in [0.4, 0.5) is 0 Å². The summed E-state index contributed by atoms with van der Waals surface area (Å²) < 4.78 is 17.0. The SMILES string of the molecule is O=C(C1CCCO1)N1CC(Oc2ccccc2-c2nc(C3CC3)no2)C1. The Morgan fingerprint density at radius 3 is 2.81 bits per heavy atom. The first kappa shape index (κ1) is 15.8. The van der Waals surface area contributed by atoms with Gasteiger partial charge in [-0.15, -0.1) is 0 Å². The van der Waals surface area contributed by atoms with Gasteiger partial charge in [-0.1, -0.05) is 17.3 Å². The molecule has 7 heteroatoms. The van der Waals surface area contributed by atoms with Crippen LogP contribution in [-0.2, 0) is 9.53 Å². The number of hydrogen-bond acceptors (Lipinski definition) is 6. The van der Waals surface area contributed by atoms with Crippen molar-refractivity contribution >= 4 is 5.91 Å². The summed E-state index contributed by atoms with van der Waals surface area (Å²) in [5.41, 5.74) is 0.802. The molecule has 7 nitrogen and oxygen atoms in total. The van der Waals surface area contributed by atoms with Crippen molar-refractivity contribution in [3.63, 3.8) is 0 Å². The van der Waals surface area contributed by atoms with Gasteiger partial charge in [0.1, 0.15) is 18.0 Å². The maximum absolute atomic E-state index is 12.3. The second-order valence-corrected chi connectivity index (χ2v) is 7.21. The summed E-state index contributed by atoms with van der Waals surface area (Å²) >= 11 is 0. The molecule has 3 heterocycles. The Morgan fingerprint density at radius 1 is 1.19 bits per heavy atom. The minimum atomic E-state index is -0.262. The molecule has 2 saturated heterocycles. The number of hydrogen-bond donors (Lipinski definition) is 0. The summed E-state index contributed by atoms with van der Waals surface area (Å²) in [5.74, 6) is 2.53. The summed E-state index contributed by atoms with van der Waals surface area (Å²) in [4.78, 5) is 18.6. The van der Waals surface area contributed by atoms with Crippen molar-refractivity contribution in [1.82, 2.24) is 15.0 Å². The number of carbonyl (C=O) groups is 1. The van der Waals surface area contributed by atoms with Gasteiger partial charge in [-0.2, -0.15) is 4.98 Å². The number of carbonyl (C=O) groups excluding carboxylic acids is 1. The molecule has 0 radical (unpaired) electrons. The predicted octanol–water partition coefficient (Wildman–Crippen LogP) is 2.38. The van der Waals surface area contributed by atoms with Crippen LogP contribution in [0.25, 0.3) is 11.5 Å². The van der Waals surface area contributed by atoms with Gasteiger partial charge in [-0.3, -0.25) is 4.79 Å². The number of aromatic nitrogens is 2. The number of nitrogens with zero attached hydrogens (tertiary/aromatic N) is 3. The Labute approximate surface area is 151 Å². The fourth-order valence-corrected chi connectivity index (χ4v) is 3.45. The number of benzene rings is 1. The fourth-order valence-electron chi connectivity index (χ4n) is 3.45. The molecular formula is C19H21N3O4. The zero-order valence-corrected chi connectivity index (χ0v) is 14.5. The van der Waals surface area contributed by atoms with E-state index in [0.29, 0.717) is 37.3 Å². The van der Waals surface area contributed by atoms with Crippen molar-refractivity contribution in [2.45, 2.75) is 43.8 Å². The topological polar surface area (TPSA) is 77.7 Å². The van der Waals surface area contributed by atoms with Gasteiger partial charge in [0.2, 0.25) is 0 Å². The number of para-hydroxylation sites is 1. The highest BCUT2D eigenvalue weighted by Crippen LogP contribution is 2.40. The van der Waals surface area contributed by atoms with Crippen LogP contribution in [0.2, 0.25) is 0 Å². The molecule has 1 aromatic carbocycles. The second kappa shape index (κ2) is 6.39. The molecule has 5 rings (SSSR count). The lowest BCUT2D eigenvalue weighted by Gasteiger charge is -2.40. The molecule has 1 aromatic heterocycles. The van der Waals surface area contributed by atoms with Crippen molar-refractivity contribution in [1.29, 1.82) is 0 Å². The highest BCUT2D eigenvalue weighted by atomic mass is 16.5. The van der Waals surface area contributed by atoms with E-state index in [-0.39, 0.29) is 18.1 Å². The number of ether oxygens (including phenoxy) is 2. The van der Waals surface area contributed by atoms with Crippen LogP contribution in [0.3, 0.4) is 0 Å². The van der Waals surface area contributed by atoms with E-state index in [4.69, 9.17) is 14.0 Å². The van der Waals surface area contributed by atoms with Gasteiger partial charge < -0.3 is 18.9 Å². The van der Waals surface area contributed by atoms with Crippen molar-refractivity contribution in [2.24, 2.45) is 0 Å². The van der Waals surface area contributed by atoms with E-state index in [2.05, 4.69) is 10.1 Å². The number of amides is 1. The summed E-state index contributed by atoms with van der Waals surface area (Å²) in [7, 11) is 0. The largest absolute Gasteiger partial charge is 0.486 e. The van der Waals surface area contributed by atoms with Crippen LogP contribution in [0.15, 0.2) is 28.8 Å². The molecule has 26 heavy (non-hydrogen) atoms. The van der Waals surface area contributed by atoms with Crippen molar-refractivity contribution in [3.05, 3.63) is 30.1 Å². The first-order chi connectivity index (χ1) is 12.8. The van der Waals surface area contributed by atoms with Crippen LogP contribution < -0.4 is 4.74 Å². The Balaban J connectivity index is 1.24. The van der Waals surface area contributed by atoms with Gasteiger partial charge in [0, 0.05) is 12.5 Å². The van der Waals surface area contributed by atoms with Gasteiger partial charge in [0.05, 0.1) is 18.7 Å². The van der Waals surface area contributed by atoms with Gasteiger partial charge in [0.25, 0.3) is 11.8 Å². The summed E-state index contributed by atoms with van der Waals surface area (Å²) in [6.45, 7) is 1.86. The zero-order valence-electron chi connectivity index (χ0n) is 14.5. The molecule has 1 atom stereocenters. The average molecular weight is 355 g/mol. The minimum absolute atomic E-state index is 0.0210. The van der Waals surface area contributed by atoms with Crippen LogP contribution in [0.1, 0.15) is 37.4 Å². The van der Waals surface area contributed by atoms with E-state index in [0.717, 1.165) is 37.1 Å². The van der Waals surface area contributed by atoms with Gasteiger partial charge in [-0.25, -0.2) is 0 Å². The number of likely N-dealkylation sites (tertiary alicyclic amines) is 1. The highest BCUT2D eigenvalue weighted by Gasteiger charge is 2.38. The molecule has 3 fully saturated rings. The monoisotopic (exact) mass is 355 g/mol. The molecule has 3 aliphatic rings. The third kappa shape index (κ3) is 2.96. The van der Waals surface area contributed by atoms with E-state index in [1.54, 1.807) is 4.90 Å². The molecule has 2 aromatic rings. The quantitative estimate of drug-likeness (QED) is 0.819. The van der Waals surface area contributed by atoms with E-state index < -0.39 is 0 Å². The zero-order chi connectivity index (χ0) is 17.5. The lowest BCUT2D eigenvalue weighted by molar-refractivity contribution is -0.149. The average Bonchev–Trinajstić information content (AvgIpc) is 3.12. The van der Waals surface area contributed by atoms with Gasteiger partial charge >= 0.3 is 0 Å². The maximum Gasteiger partial charge on any atom is 0.261 e. The van der Waals surface area contributed by atoms with Crippen LogP contribution in [0.5, 0.6) is 5.75 Å². The molecule has 1 amide bonds. The van der Waals surface area contributed by atoms with Crippen molar-refractivity contribution < 1.29 is 18.8 Å². The lowest BCUT2D eigenvalue weighted by atomic mass is 10.1. The Hall–Kier alpha value is -2.41. The van der Waals surface area contributed by atoms with E-state index >= 15 is 0 Å².